The standard InChI is InChI=1S/C28H36N4O6S/c1-30(2)17-11-14(12-32-5-7-39-8-6-32)23(33)19-15(17)9-13-10-16-20(25(35)18(13)24(19)34)26(36)21(28(29)38)27(37)22(16)31(3)4/h11,13,16,20,22,33,35,37H,5-10,12H2,1-4H3,(H2,29,38)/t13?,16?,20?,22-/m0/s1. The van der Waals surface area contributed by atoms with E-state index in [0.717, 1.165) is 30.3 Å². The van der Waals surface area contributed by atoms with Crippen LogP contribution in [0.2, 0.25) is 0 Å². The largest absolute Gasteiger partial charge is 0.511 e. The summed E-state index contributed by atoms with van der Waals surface area (Å²) in [7, 11) is 7.23. The van der Waals surface area contributed by atoms with Crippen LogP contribution >= 0.6 is 11.8 Å². The van der Waals surface area contributed by atoms with Crippen LogP contribution in [0.5, 0.6) is 5.75 Å². The maximum atomic E-state index is 14.1. The molecule has 11 heteroatoms. The maximum Gasteiger partial charge on any atom is 0.255 e. The Morgan fingerprint density at radius 1 is 1.10 bits per heavy atom. The third-order valence-corrected chi connectivity index (χ3v) is 9.54. The summed E-state index contributed by atoms with van der Waals surface area (Å²) in [6.45, 7) is 2.28. The highest BCUT2D eigenvalue weighted by atomic mass is 32.2. The summed E-state index contributed by atoms with van der Waals surface area (Å²) in [5.74, 6) is -3.37. The van der Waals surface area contributed by atoms with Crippen molar-refractivity contribution in [2.45, 2.75) is 25.4 Å². The van der Waals surface area contributed by atoms with Crippen LogP contribution in [0.4, 0.5) is 5.69 Å². The highest BCUT2D eigenvalue weighted by Crippen LogP contribution is 2.52. The number of hydrogen-bond acceptors (Lipinski definition) is 10. The number of allylic oxidation sites excluding steroid dienone is 2. The lowest BCUT2D eigenvalue weighted by Crippen LogP contribution is -2.53. The van der Waals surface area contributed by atoms with Crippen molar-refractivity contribution in [2.75, 3.05) is 57.7 Å². The Morgan fingerprint density at radius 2 is 1.77 bits per heavy atom. The zero-order chi connectivity index (χ0) is 28.3. The minimum atomic E-state index is -1.18. The molecule has 4 aliphatic rings. The van der Waals surface area contributed by atoms with Crippen LogP contribution in [0.3, 0.4) is 0 Å². The number of aromatic hydroxyl groups is 1. The number of anilines is 1. The number of amides is 1. The number of nitrogens with two attached hydrogens (primary N) is 1. The monoisotopic (exact) mass is 556 g/mol. The van der Waals surface area contributed by atoms with Gasteiger partial charge in [0.15, 0.2) is 11.6 Å². The first-order valence-electron chi connectivity index (χ1n) is 13.2. The number of likely N-dealkylation sites (N-methyl/N-ethyl adjacent to an activating group) is 1. The fourth-order valence-corrected chi connectivity index (χ4v) is 7.87. The summed E-state index contributed by atoms with van der Waals surface area (Å²) in [6.07, 6.45) is 0.716. The van der Waals surface area contributed by atoms with E-state index >= 15 is 0 Å². The van der Waals surface area contributed by atoms with Crippen molar-refractivity contribution in [3.8, 4) is 5.75 Å². The molecular weight excluding hydrogens is 520 g/mol. The highest BCUT2D eigenvalue weighted by molar-refractivity contribution is 7.99. The molecule has 0 radical (unpaired) electrons. The molecule has 1 aromatic carbocycles. The van der Waals surface area contributed by atoms with E-state index in [4.69, 9.17) is 5.73 Å². The molecular formula is C28H36N4O6S. The van der Waals surface area contributed by atoms with Gasteiger partial charge in [0, 0.05) is 62.1 Å². The summed E-state index contributed by atoms with van der Waals surface area (Å²) < 4.78 is 0. The SMILES string of the molecule is CN(C)c1cc(CN2CCSCC2)c(O)c2c1CC1CC3C(C(=O)C(C(N)=O)=C(O)[C@H]3N(C)C)C(O)=C1C2=O. The first kappa shape index (κ1) is 27.5. The fourth-order valence-electron chi connectivity index (χ4n) is 6.89. The Bertz CT molecular complexity index is 1310. The molecule has 5 N–H and O–H groups in total. The molecule has 0 saturated carbocycles. The van der Waals surface area contributed by atoms with Gasteiger partial charge in [0.25, 0.3) is 5.91 Å². The van der Waals surface area contributed by atoms with Gasteiger partial charge in [0.05, 0.1) is 17.5 Å². The second kappa shape index (κ2) is 10.2. The van der Waals surface area contributed by atoms with Crippen molar-refractivity contribution in [1.29, 1.82) is 0 Å². The van der Waals surface area contributed by atoms with E-state index in [2.05, 4.69) is 4.90 Å². The van der Waals surface area contributed by atoms with E-state index in [0.29, 0.717) is 30.5 Å². The summed E-state index contributed by atoms with van der Waals surface area (Å²) in [5, 5.41) is 33.8. The first-order chi connectivity index (χ1) is 18.4. The molecule has 1 heterocycles. The molecule has 10 nitrogen and oxygen atoms in total. The second-order valence-corrected chi connectivity index (χ2v) is 12.6. The Hall–Kier alpha value is -3.02. The number of nitrogens with zero attached hydrogens (tertiary/aromatic N) is 3. The molecule has 1 amide bonds. The number of primary amides is 1. The van der Waals surface area contributed by atoms with Gasteiger partial charge in [-0.15, -0.1) is 0 Å². The molecule has 5 rings (SSSR count). The molecule has 39 heavy (non-hydrogen) atoms. The number of fused-ring (bicyclic) bond motifs is 3. The van der Waals surface area contributed by atoms with Gasteiger partial charge in [-0.3, -0.25) is 24.2 Å². The van der Waals surface area contributed by atoms with Crippen molar-refractivity contribution in [2.24, 2.45) is 23.5 Å². The van der Waals surface area contributed by atoms with E-state index < -0.39 is 52.6 Å². The predicted octanol–water partition coefficient (Wildman–Crippen LogP) is 1.62. The molecule has 0 aromatic heterocycles. The Morgan fingerprint density at radius 3 is 2.36 bits per heavy atom. The number of hydrogen-bond donors (Lipinski definition) is 4. The van der Waals surface area contributed by atoms with Crippen LogP contribution < -0.4 is 10.6 Å². The minimum Gasteiger partial charge on any atom is -0.511 e. The number of aliphatic hydroxyl groups excluding tert-OH is 2. The number of phenolic OH excluding ortho intramolecular Hbond substituents is 1. The molecule has 210 valence electrons. The summed E-state index contributed by atoms with van der Waals surface area (Å²) >= 11 is 1.89. The number of carbonyl (C=O) groups excluding carboxylic acids is 3. The number of thioether (sulfide) groups is 1. The lowest BCUT2D eigenvalue weighted by molar-refractivity contribution is -0.127. The Balaban J connectivity index is 1.63. The molecule has 1 aromatic rings. The van der Waals surface area contributed by atoms with E-state index in [1.165, 1.54) is 0 Å². The van der Waals surface area contributed by atoms with Crippen LogP contribution in [-0.2, 0) is 22.6 Å². The topological polar surface area (TPSA) is 148 Å². The molecule has 1 saturated heterocycles. The van der Waals surface area contributed by atoms with Crippen LogP contribution in [0, 0.1) is 17.8 Å². The molecule has 4 atom stereocenters. The van der Waals surface area contributed by atoms with Crippen molar-refractivity contribution in [1.82, 2.24) is 9.80 Å². The first-order valence-corrected chi connectivity index (χ1v) is 14.4. The fraction of sp³-hybridized carbons (Fsp3) is 0.536. The number of rotatable bonds is 5. The quantitative estimate of drug-likeness (QED) is 0.395. The molecule has 3 unspecified atom stereocenters. The summed E-state index contributed by atoms with van der Waals surface area (Å²) in [6, 6.07) is 1.21. The lowest BCUT2D eigenvalue weighted by Gasteiger charge is -2.46. The van der Waals surface area contributed by atoms with Crippen molar-refractivity contribution in [3.63, 3.8) is 0 Å². The molecule has 3 aliphatic carbocycles. The van der Waals surface area contributed by atoms with Crippen LogP contribution in [-0.4, -0.2) is 101 Å². The predicted molar refractivity (Wildman–Crippen MR) is 149 cm³/mol. The van der Waals surface area contributed by atoms with E-state index in [-0.39, 0.29) is 22.6 Å². The third-order valence-electron chi connectivity index (χ3n) is 8.60. The second-order valence-electron chi connectivity index (χ2n) is 11.3. The van der Waals surface area contributed by atoms with Gasteiger partial charge < -0.3 is 26.0 Å². The average molecular weight is 557 g/mol. The van der Waals surface area contributed by atoms with Crippen LogP contribution in [0.1, 0.15) is 27.9 Å². The van der Waals surface area contributed by atoms with Crippen LogP contribution in [0.15, 0.2) is 28.7 Å². The van der Waals surface area contributed by atoms with Crippen molar-refractivity contribution in [3.05, 3.63) is 45.4 Å². The zero-order valence-corrected chi connectivity index (χ0v) is 23.5. The number of Topliss-reactive ketones (excluding diaryl/α,β-unsaturated/α-hetero) is 2. The average Bonchev–Trinajstić information content (AvgIpc) is 2.85. The normalized spacial score (nSPS) is 27.4. The van der Waals surface area contributed by atoms with Gasteiger partial charge in [-0.1, -0.05) is 0 Å². The van der Waals surface area contributed by atoms with Crippen molar-refractivity contribution < 1.29 is 29.7 Å². The number of benzene rings is 1. The molecule has 0 bridgehead atoms. The van der Waals surface area contributed by atoms with Gasteiger partial charge in [-0.25, -0.2) is 0 Å². The van der Waals surface area contributed by atoms with Gasteiger partial charge >= 0.3 is 0 Å². The van der Waals surface area contributed by atoms with Gasteiger partial charge in [0.1, 0.15) is 22.8 Å². The van der Waals surface area contributed by atoms with Crippen molar-refractivity contribution >= 4 is 34.9 Å². The summed E-state index contributed by atoms with van der Waals surface area (Å²) in [5.41, 5.74) is 7.38. The lowest BCUT2D eigenvalue weighted by atomic mass is 9.60. The number of carbonyl (C=O) groups is 3. The highest BCUT2D eigenvalue weighted by Gasteiger charge is 2.54. The Kier molecular flexibility index (Phi) is 7.19. The molecule has 1 fully saturated rings. The van der Waals surface area contributed by atoms with Crippen LogP contribution in [0.25, 0.3) is 0 Å². The molecule has 1 aliphatic heterocycles. The van der Waals surface area contributed by atoms with E-state index in [1.807, 2.05) is 36.8 Å². The van der Waals surface area contributed by atoms with Gasteiger partial charge in [-0.05, 0) is 50.4 Å². The smallest absolute Gasteiger partial charge is 0.255 e. The number of phenols is 1. The third kappa shape index (κ3) is 4.40. The summed E-state index contributed by atoms with van der Waals surface area (Å²) in [4.78, 5) is 45.5. The minimum absolute atomic E-state index is 0.0868. The van der Waals surface area contributed by atoms with Gasteiger partial charge in [0.2, 0.25) is 0 Å². The number of ketones is 2. The maximum absolute atomic E-state index is 14.1. The van der Waals surface area contributed by atoms with E-state index in [1.54, 1.807) is 19.0 Å². The van der Waals surface area contributed by atoms with E-state index in [9.17, 15) is 29.7 Å². The zero-order valence-electron chi connectivity index (χ0n) is 22.7. The molecule has 0 spiro atoms. The number of aliphatic hydroxyl groups is 2. The Labute approximate surface area is 232 Å². The van der Waals surface area contributed by atoms with Gasteiger partial charge in [-0.2, -0.15) is 11.8 Å².